The highest BCUT2D eigenvalue weighted by atomic mass is 16.5. The highest BCUT2D eigenvalue weighted by molar-refractivity contribution is 6.39. The Bertz CT molecular complexity index is 832. The van der Waals surface area contributed by atoms with E-state index < -0.39 is 0 Å². The normalized spacial score (nSPS) is 14.0. The maximum atomic E-state index is 12.5. The molecule has 2 aromatic carbocycles. The van der Waals surface area contributed by atoms with Gasteiger partial charge in [0.2, 0.25) is 5.91 Å². The molecule has 0 fully saturated rings. The summed E-state index contributed by atoms with van der Waals surface area (Å²) < 4.78 is 5.38. The molecule has 1 N–H and O–H groups in total. The molecule has 0 atom stereocenters. The van der Waals surface area contributed by atoms with Gasteiger partial charge in [0, 0.05) is 26.0 Å². The van der Waals surface area contributed by atoms with E-state index in [0.717, 1.165) is 16.7 Å². The number of nitrogens with zero attached hydrogens (tertiary/aromatic N) is 2. The Balaban J connectivity index is 1.57. The first-order valence-electron chi connectivity index (χ1n) is 9.51. The highest BCUT2D eigenvalue weighted by Crippen LogP contribution is 2.14. The second-order valence-corrected chi connectivity index (χ2v) is 6.62. The van der Waals surface area contributed by atoms with Gasteiger partial charge in [0.1, 0.15) is 5.71 Å². The van der Waals surface area contributed by atoms with Crippen molar-refractivity contribution >= 4 is 17.5 Å². The van der Waals surface area contributed by atoms with Gasteiger partial charge in [-0.2, -0.15) is 5.10 Å². The number of carbonyl (C=O) groups is 2. The number of hydrazone groups is 1. The van der Waals surface area contributed by atoms with E-state index in [0.29, 0.717) is 44.9 Å². The first kappa shape index (κ1) is 19.8. The lowest BCUT2D eigenvalue weighted by molar-refractivity contribution is -0.132. The molecule has 2 amide bonds. The zero-order valence-corrected chi connectivity index (χ0v) is 16.1. The van der Waals surface area contributed by atoms with Crippen molar-refractivity contribution in [2.75, 3.05) is 6.61 Å². The molecule has 0 radical (unpaired) electrons. The van der Waals surface area contributed by atoms with Gasteiger partial charge in [-0.05, 0) is 23.6 Å². The maximum absolute atomic E-state index is 12.5. The molecule has 0 aliphatic carbocycles. The average Bonchev–Trinajstić information content (AvgIpc) is 2.73. The van der Waals surface area contributed by atoms with Gasteiger partial charge in [-0.25, -0.2) is 5.01 Å². The molecule has 0 unspecified atom stereocenters. The fourth-order valence-corrected chi connectivity index (χ4v) is 2.90. The number of ether oxygens (including phenoxy) is 1. The highest BCUT2D eigenvalue weighted by Gasteiger charge is 2.24. The molecular formula is C22H25N3O3. The Morgan fingerprint density at radius 1 is 1.04 bits per heavy atom. The van der Waals surface area contributed by atoms with Crippen LogP contribution in [0.2, 0.25) is 0 Å². The summed E-state index contributed by atoms with van der Waals surface area (Å²) in [6.07, 6.45) is 0.661. The molecule has 1 aliphatic rings. The molecule has 28 heavy (non-hydrogen) atoms. The van der Waals surface area contributed by atoms with Crippen LogP contribution in [0, 0.1) is 0 Å². The van der Waals surface area contributed by atoms with Crippen LogP contribution in [0.4, 0.5) is 0 Å². The number of benzene rings is 2. The molecular weight excluding hydrogens is 354 g/mol. The molecule has 0 spiro atoms. The fraction of sp³-hybridized carbons (Fsp3) is 0.318. The zero-order valence-electron chi connectivity index (χ0n) is 16.1. The molecule has 1 aliphatic heterocycles. The second-order valence-electron chi connectivity index (χ2n) is 6.62. The van der Waals surface area contributed by atoms with Crippen molar-refractivity contribution in [2.24, 2.45) is 5.10 Å². The Labute approximate surface area is 165 Å². The summed E-state index contributed by atoms with van der Waals surface area (Å²) in [7, 11) is 0. The molecule has 0 saturated heterocycles. The summed E-state index contributed by atoms with van der Waals surface area (Å²) >= 11 is 0. The third-order valence-corrected chi connectivity index (χ3v) is 4.49. The molecule has 0 aromatic heterocycles. The standard InChI is InChI=1S/C22H25N3O3/c1-2-28-16-19-10-8-17(9-11-19)14-23-22(27)20-12-13-21(26)25(24-20)15-18-6-4-3-5-7-18/h3-11H,2,12-16H2,1H3,(H,23,27). The topological polar surface area (TPSA) is 71.0 Å². The Morgan fingerprint density at radius 3 is 2.46 bits per heavy atom. The lowest BCUT2D eigenvalue weighted by Crippen LogP contribution is -2.38. The number of hydrogen-bond donors (Lipinski definition) is 1. The molecule has 2 aromatic rings. The minimum Gasteiger partial charge on any atom is -0.377 e. The van der Waals surface area contributed by atoms with E-state index in [2.05, 4.69) is 10.4 Å². The summed E-state index contributed by atoms with van der Waals surface area (Å²) in [5, 5.41) is 8.57. The second kappa shape index (κ2) is 9.80. The van der Waals surface area contributed by atoms with Gasteiger partial charge in [-0.1, -0.05) is 54.6 Å². The van der Waals surface area contributed by atoms with Gasteiger partial charge in [0.25, 0.3) is 5.91 Å². The molecule has 146 valence electrons. The van der Waals surface area contributed by atoms with E-state index in [9.17, 15) is 9.59 Å². The first-order chi connectivity index (χ1) is 13.7. The maximum Gasteiger partial charge on any atom is 0.267 e. The van der Waals surface area contributed by atoms with Gasteiger partial charge in [0.05, 0.1) is 13.2 Å². The predicted octanol–water partition coefficient (Wildman–Crippen LogP) is 3.02. The SMILES string of the molecule is CCOCc1ccc(CNC(=O)C2=NN(Cc3ccccc3)C(=O)CC2)cc1. The number of carbonyl (C=O) groups excluding carboxylic acids is 2. The third-order valence-electron chi connectivity index (χ3n) is 4.49. The van der Waals surface area contributed by atoms with Crippen molar-refractivity contribution in [3.05, 3.63) is 71.3 Å². The van der Waals surface area contributed by atoms with Crippen LogP contribution in [-0.4, -0.2) is 29.1 Å². The first-order valence-corrected chi connectivity index (χ1v) is 9.51. The van der Waals surface area contributed by atoms with Crippen molar-refractivity contribution in [2.45, 2.75) is 39.5 Å². The van der Waals surface area contributed by atoms with Gasteiger partial charge in [-0.3, -0.25) is 9.59 Å². The van der Waals surface area contributed by atoms with E-state index in [1.54, 1.807) is 0 Å². The summed E-state index contributed by atoms with van der Waals surface area (Å²) in [4.78, 5) is 24.6. The van der Waals surface area contributed by atoms with Crippen LogP contribution in [0.15, 0.2) is 59.7 Å². The smallest absolute Gasteiger partial charge is 0.267 e. The van der Waals surface area contributed by atoms with Crippen LogP contribution in [-0.2, 0) is 34.0 Å². The monoisotopic (exact) mass is 379 g/mol. The zero-order chi connectivity index (χ0) is 19.8. The number of rotatable bonds is 8. The largest absolute Gasteiger partial charge is 0.377 e. The number of hydrogen-bond acceptors (Lipinski definition) is 4. The lowest BCUT2D eigenvalue weighted by Gasteiger charge is -2.23. The van der Waals surface area contributed by atoms with Crippen LogP contribution < -0.4 is 5.32 Å². The van der Waals surface area contributed by atoms with E-state index in [1.165, 1.54) is 5.01 Å². The summed E-state index contributed by atoms with van der Waals surface area (Å²) in [5.74, 6) is -0.297. The van der Waals surface area contributed by atoms with Crippen molar-refractivity contribution in [1.29, 1.82) is 0 Å². The fourth-order valence-electron chi connectivity index (χ4n) is 2.90. The Morgan fingerprint density at radius 2 is 1.75 bits per heavy atom. The van der Waals surface area contributed by atoms with Crippen molar-refractivity contribution in [1.82, 2.24) is 10.3 Å². The van der Waals surface area contributed by atoms with E-state index in [4.69, 9.17) is 4.74 Å². The third kappa shape index (κ3) is 5.50. The van der Waals surface area contributed by atoms with Crippen LogP contribution in [0.1, 0.15) is 36.5 Å². The van der Waals surface area contributed by atoms with Crippen LogP contribution in [0.3, 0.4) is 0 Å². The number of amides is 2. The van der Waals surface area contributed by atoms with Gasteiger partial charge in [-0.15, -0.1) is 0 Å². The summed E-state index contributed by atoms with van der Waals surface area (Å²) in [5.41, 5.74) is 3.47. The number of nitrogens with one attached hydrogen (secondary N) is 1. The van der Waals surface area contributed by atoms with Crippen LogP contribution >= 0.6 is 0 Å². The van der Waals surface area contributed by atoms with E-state index in [1.807, 2.05) is 61.5 Å². The minimum absolute atomic E-state index is 0.0645. The van der Waals surface area contributed by atoms with Crippen LogP contribution in [0.5, 0.6) is 0 Å². The molecule has 6 nitrogen and oxygen atoms in total. The van der Waals surface area contributed by atoms with Crippen molar-refractivity contribution in [3.8, 4) is 0 Å². The molecule has 6 heteroatoms. The predicted molar refractivity (Wildman–Crippen MR) is 107 cm³/mol. The molecule has 0 bridgehead atoms. The van der Waals surface area contributed by atoms with E-state index >= 15 is 0 Å². The summed E-state index contributed by atoms with van der Waals surface area (Å²) in [6.45, 7) is 4.03. The molecule has 3 rings (SSSR count). The summed E-state index contributed by atoms with van der Waals surface area (Å²) in [6, 6.07) is 17.6. The van der Waals surface area contributed by atoms with Crippen molar-refractivity contribution in [3.63, 3.8) is 0 Å². The lowest BCUT2D eigenvalue weighted by atomic mass is 10.1. The quantitative estimate of drug-likeness (QED) is 0.766. The average molecular weight is 379 g/mol. The van der Waals surface area contributed by atoms with Gasteiger partial charge < -0.3 is 10.1 Å². The van der Waals surface area contributed by atoms with Gasteiger partial charge in [0.15, 0.2) is 0 Å². The van der Waals surface area contributed by atoms with Crippen LogP contribution in [0.25, 0.3) is 0 Å². The van der Waals surface area contributed by atoms with Crippen molar-refractivity contribution < 1.29 is 14.3 Å². The van der Waals surface area contributed by atoms with E-state index in [-0.39, 0.29) is 11.8 Å². The molecule has 1 heterocycles. The minimum atomic E-state index is -0.232. The molecule has 0 saturated carbocycles. The Kier molecular flexibility index (Phi) is 6.92. The van der Waals surface area contributed by atoms with Gasteiger partial charge >= 0.3 is 0 Å². The Hall–Kier alpha value is -2.99.